The summed E-state index contributed by atoms with van der Waals surface area (Å²) in [5.74, 6) is -0.191. The van der Waals surface area contributed by atoms with Gasteiger partial charge in [-0.05, 0) is 38.3 Å². The van der Waals surface area contributed by atoms with Crippen molar-refractivity contribution in [1.82, 2.24) is 9.21 Å². The molecule has 1 aromatic rings. The Bertz CT molecular complexity index is 631. The Labute approximate surface area is 132 Å². The van der Waals surface area contributed by atoms with Gasteiger partial charge in [-0.15, -0.1) is 0 Å². The molecule has 0 N–H and O–H groups in total. The maximum absolute atomic E-state index is 13.8. The van der Waals surface area contributed by atoms with E-state index in [9.17, 15) is 12.8 Å². The van der Waals surface area contributed by atoms with Gasteiger partial charge in [0, 0.05) is 31.7 Å². The van der Waals surface area contributed by atoms with E-state index < -0.39 is 10.0 Å². The van der Waals surface area contributed by atoms with Gasteiger partial charge in [-0.2, -0.15) is 0 Å². The summed E-state index contributed by atoms with van der Waals surface area (Å²) in [6.45, 7) is 2.11. The molecule has 1 atom stereocenters. The third-order valence-electron chi connectivity index (χ3n) is 4.69. The van der Waals surface area contributed by atoms with Crippen molar-refractivity contribution in [3.63, 3.8) is 0 Å². The molecule has 0 aromatic heterocycles. The van der Waals surface area contributed by atoms with Gasteiger partial charge in [-0.3, -0.25) is 4.90 Å². The Morgan fingerprint density at radius 3 is 2.68 bits per heavy atom. The summed E-state index contributed by atoms with van der Waals surface area (Å²) >= 11 is 0. The van der Waals surface area contributed by atoms with Crippen molar-refractivity contribution >= 4 is 10.0 Å². The molecule has 4 nitrogen and oxygen atoms in total. The molecular formula is C16H23FN2O2S. The topological polar surface area (TPSA) is 40.6 Å². The second-order valence-electron chi connectivity index (χ2n) is 6.38. The van der Waals surface area contributed by atoms with E-state index in [1.54, 1.807) is 23.5 Å². The van der Waals surface area contributed by atoms with Crippen molar-refractivity contribution in [2.45, 2.75) is 43.5 Å². The summed E-state index contributed by atoms with van der Waals surface area (Å²) in [5.41, 5.74) is 0.677. The summed E-state index contributed by atoms with van der Waals surface area (Å²) in [6.07, 6.45) is 3.41. The predicted octanol–water partition coefficient (Wildman–Crippen LogP) is 2.21. The standard InChI is InChI=1S/C16H23FN2O2S/c1-18(22(20,21)15-8-9-15)14-6-4-10-19(12-14)11-13-5-2-3-7-16(13)17/h2-3,5,7,14-15H,4,6,8-12H2,1H3/t14-/m0/s1. The first-order chi connectivity index (χ1) is 10.5. The molecule has 0 radical (unpaired) electrons. The zero-order valence-electron chi connectivity index (χ0n) is 12.9. The first kappa shape index (κ1) is 15.9. The van der Waals surface area contributed by atoms with Crippen molar-refractivity contribution < 1.29 is 12.8 Å². The largest absolute Gasteiger partial charge is 0.297 e. The van der Waals surface area contributed by atoms with E-state index in [-0.39, 0.29) is 17.1 Å². The molecule has 1 saturated carbocycles. The molecule has 22 heavy (non-hydrogen) atoms. The highest BCUT2D eigenvalue weighted by molar-refractivity contribution is 7.90. The second kappa shape index (κ2) is 6.26. The Kier molecular flexibility index (Phi) is 4.52. The third kappa shape index (κ3) is 3.34. The quantitative estimate of drug-likeness (QED) is 0.833. The maximum atomic E-state index is 13.8. The number of halogens is 1. The Morgan fingerprint density at radius 1 is 1.27 bits per heavy atom. The van der Waals surface area contributed by atoms with Crippen molar-refractivity contribution in [3.8, 4) is 0 Å². The minimum absolute atomic E-state index is 0.00567. The van der Waals surface area contributed by atoms with Crippen molar-refractivity contribution in [2.24, 2.45) is 0 Å². The summed E-state index contributed by atoms with van der Waals surface area (Å²) < 4.78 is 40.1. The molecule has 1 heterocycles. The monoisotopic (exact) mass is 326 g/mol. The molecule has 0 spiro atoms. The van der Waals surface area contributed by atoms with E-state index in [1.165, 1.54) is 6.07 Å². The number of hydrogen-bond donors (Lipinski definition) is 0. The van der Waals surface area contributed by atoms with Crippen LogP contribution < -0.4 is 0 Å². The van der Waals surface area contributed by atoms with Gasteiger partial charge < -0.3 is 0 Å². The van der Waals surface area contributed by atoms with E-state index in [0.717, 1.165) is 32.2 Å². The molecule has 6 heteroatoms. The van der Waals surface area contributed by atoms with Crippen LogP contribution in [0.3, 0.4) is 0 Å². The maximum Gasteiger partial charge on any atom is 0.217 e. The molecule has 1 aromatic carbocycles. The molecule has 1 aliphatic carbocycles. The number of benzene rings is 1. The lowest BCUT2D eigenvalue weighted by Gasteiger charge is -2.37. The molecular weight excluding hydrogens is 303 g/mol. The van der Waals surface area contributed by atoms with Gasteiger partial charge in [-0.1, -0.05) is 18.2 Å². The van der Waals surface area contributed by atoms with Gasteiger partial charge in [0.1, 0.15) is 5.82 Å². The van der Waals surface area contributed by atoms with E-state index in [2.05, 4.69) is 4.90 Å². The van der Waals surface area contributed by atoms with Crippen molar-refractivity contribution in [3.05, 3.63) is 35.6 Å². The van der Waals surface area contributed by atoms with Gasteiger partial charge in [0.15, 0.2) is 0 Å². The van der Waals surface area contributed by atoms with Gasteiger partial charge in [0.05, 0.1) is 5.25 Å². The molecule has 1 saturated heterocycles. The number of nitrogens with zero attached hydrogens (tertiary/aromatic N) is 2. The molecule has 0 unspecified atom stereocenters. The fraction of sp³-hybridized carbons (Fsp3) is 0.625. The van der Waals surface area contributed by atoms with Crippen molar-refractivity contribution in [2.75, 3.05) is 20.1 Å². The third-order valence-corrected chi connectivity index (χ3v) is 7.11. The van der Waals surface area contributed by atoms with Crippen LogP contribution in [-0.4, -0.2) is 49.1 Å². The molecule has 0 amide bonds. The highest BCUT2D eigenvalue weighted by Crippen LogP contribution is 2.32. The first-order valence-corrected chi connectivity index (χ1v) is 9.41. The number of hydrogen-bond acceptors (Lipinski definition) is 3. The van der Waals surface area contributed by atoms with Gasteiger partial charge in [0.25, 0.3) is 0 Å². The fourth-order valence-electron chi connectivity index (χ4n) is 3.15. The van der Waals surface area contributed by atoms with E-state index in [1.807, 2.05) is 6.07 Å². The minimum atomic E-state index is -3.14. The van der Waals surface area contributed by atoms with Crippen LogP contribution in [0.4, 0.5) is 4.39 Å². The van der Waals surface area contributed by atoms with Crippen LogP contribution >= 0.6 is 0 Å². The van der Waals surface area contributed by atoms with E-state index >= 15 is 0 Å². The molecule has 2 aliphatic rings. The molecule has 1 aliphatic heterocycles. The average molecular weight is 326 g/mol. The summed E-state index contributed by atoms with van der Waals surface area (Å²) in [6, 6.07) is 6.80. The van der Waals surface area contributed by atoms with Crippen LogP contribution in [0.2, 0.25) is 0 Å². The summed E-state index contributed by atoms with van der Waals surface area (Å²) in [4.78, 5) is 2.16. The molecule has 2 fully saturated rings. The van der Waals surface area contributed by atoms with Gasteiger partial charge >= 0.3 is 0 Å². The SMILES string of the molecule is CN([C@H]1CCCN(Cc2ccccc2F)C1)S(=O)(=O)C1CC1. The van der Waals surface area contributed by atoms with E-state index in [4.69, 9.17) is 0 Å². The number of rotatable bonds is 5. The lowest BCUT2D eigenvalue weighted by Crippen LogP contribution is -2.49. The molecule has 0 bridgehead atoms. The van der Waals surface area contributed by atoms with Crippen molar-refractivity contribution in [1.29, 1.82) is 0 Å². The lowest BCUT2D eigenvalue weighted by molar-refractivity contribution is 0.151. The predicted molar refractivity (Wildman–Crippen MR) is 84.4 cm³/mol. The van der Waals surface area contributed by atoms with Crippen LogP contribution in [0.15, 0.2) is 24.3 Å². The Hall–Kier alpha value is -0.980. The number of sulfonamides is 1. The van der Waals surface area contributed by atoms with Gasteiger partial charge in [0.2, 0.25) is 10.0 Å². The first-order valence-electron chi connectivity index (χ1n) is 7.91. The lowest BCUT2D eigenvalue weighted by atomic mass is 10.0. The summed E-state index contributed by atoms with van der Waals surface area (Å²) in [5, 5.41) is -0.167. The average Bonchev–Trinajstić information content (AvgIpc) is 3.34. The van der Waals surface area contributed by atoms with Crippen LogP contribution in [0, 0.1) is 5.82 Å². The Morgan fingerprint density at radius 2 is 2.00 bits per heavy atom. The summed E-state index contributed by atoms with van der Waals surface area (Å²) in [7, 11) is -1.44. The molecule has 122 valence electrons. The van der Waals surface area contributed by atoms with Crippen LogP contribution in [0.1, 0.15) is 31.2 Å². The minimum Gasteiger partial charge on any atom is -0.297 e. The Balaban J connectivity index is 1.65. The molecule has 3 rings (SSSR count). The van der Waals surface area contributed by atoms with Crippen LogP contribution in [0.25, 0.3) is 0 Å². The smallest absolute Gasteiger partial charge is 0.217 e. The fourth-order valence-corrected chi connectivity index (χ4v) is 4.94. The van der Waals surface area contributed by atoms with E-state index in [0.29, 0.717) is 18.7 Å². The zero-order chi connectivity index (χ0) is 15.7. The van der Waals surface area contributed by atoms with Crippen LogP contribution in [0.5, 0.6) is 0 Å². The zero-order valence-corrected chi connectivity index (χ0v) is 13.7. The number of likely N-dealkylation sites (N-methyl/N-ethyl adjacent to an activating group) is 1. The number of likely N-dealkylation sites (tertiary alicyclic amines) is 1. The number of piperidine rings is 1. The van der Waals surface area contributed by atoms with Crippen LogP contribution in [-0.2, 0) is 16.6 Å². The normalized spacial score (nSPS) is 23.9. The second-order valence-corrected chi connectivity index (χ2v) is 8.66. The highest BCUT2D eigenvalue weighted by Gasteiger charge is 2.41. The van der Waals surface area contributed by atoms with Gasteiger partial charge in [-0.25, -0.2) is 17.1 Å². The highest BCUT2D eigenvalue weighted by atomic mass is 32.2.